The van der Waals surface area contributed by atoms with Crippen molar-refractivity contribution in [2.45, 2.75) is 379 Å². The third-order valence-electron chi connectivity index (χ3n) is 30.1. The summed E-state index contributed by atoms with van der Waals surface area (Å²) in [6.45, 7) is 42.8. The van der Waals surface area contributed by atoms with Gasteiger partial charge in [-0.15, -0.1) is 0 Å². The van der Waals surface area contributed by atoms with Gasteiger partial charge in [-0.1, -0.05) is 143 Å². The maximum Gasteiger partial charge on any atom is 0.311 e. The van der Waals surface area contributed by atoms with Crippen LogP contribution in [0.5, 0.6) is 0 Å². The lowest BCUT2D eigenvalue weighted by Gasteiger charge is -2.56. The summed E-state index contributed by atoms with van der Waals surface area (Å²) in [6, 6.07) is 19.8. The summed E-state index contributed by atoms with van der Waals surface area (Å²) in [5.41, 5.74) is -2.10. The summed E-state index contributed by atoms with van der Waals surface area (Å²) in [6.07, 6.45) is 26.0. The standard InChI is InChI=1S/C38H59NO6.C32H55NO6.C24H39NO4.C18H35NO4/c1-7-12-33(31-13-10-9-11-14-31)44-34(40)27(3)15-16-32(17-18-37(4,8-2)36(42)43-20-19-39(5)6)35(41)45-38-24-28-21-29(25-38)23-30(22-28)26-38;1-9-31(6,29(36)37-15-14-33(7)8)13-12-26(11-10-22(2)27(34)38-30(3,4)5)28(35)39-32-19-23-16-24(20-32)18-25(17-23)21-32;1-7-12-21(20-13-10-9-11-14-20)29-22(26)19(3)15-16-24(4,8-2)23(27)28-18-17-25(5)6;1-9-18(6,16(21)22-13-12-19(7)8)11-10-14(2)15(20)23-17(3,4)5/h9-11,13-14,27-30,32-33H,7-8,12,15-26H2,1-6H3;22-26H,9-21H2,1-8H3;9-11,13-14,19,21H,7-8,12,15-18H2,1-6H3;14H,9-13H2,1-8H3. The first-order valence-corrected chi connectivity index (χ1v) is 52.4. The van der Waals surface area contributed by atoms with Gasteiger partial charge in [-0.3, -0.25) is 47.9 Å². The molecule has 8 aliphatic carbocycles. The Labute approximate surface area is 822 Å². The van der Waals surface area contributed by atoms with Gasteiger partial charge in [0.05, 0.1) is 57.2 Å². The number of esters is 10. The van der Waals surface area contributed by atoms with E-state index < -0.39 is 32.9 Å². The molecule has 0 saturated heterocycles. The molecule has 0 amide bonds. The summed E-state index contributed by atoms with van der Waals surface area (Å²) in [5.74, 6) is 0.258. The molecule has 0 radical (unpaired) electrons. The highest BCUT2D eigenvalue weighted by Crippen LogP contribution is 2.59. The number of likely N-dealkylation sites (N-methyl/N-ethyl adjacent to an activating group) is 4. The number of ether oxygens (including phenoxy) is 10. The van der Waals surface area contributed by atoms with Crippen molar-refractivity contribution in [1.29, 1.82) is 0 Å². The highest BCUT2D eigenvalue weighted by molar-refractivity contribution is 5.80. The Morgan fingerprint density at radius 3 is 0.787 bits per heavy atom. The van der Waals surface area contributed by atoms with Gasteiger partial charge < -0.3 is 67.0 Å². The molecule has 12 unspecified atom stereocenters. The SMILES string of the molecule is CCC(C)(CCC(C)C(=O)OC(C)(C)C)C(=O)OCCN(C)C.CCC(C)(CCC(CCC(C)C(=O)OC(C)(C)C)C(=O)OC12CC3CC(CC(C3)C1)C2)C(=O)OCCN(C)C.CCCC(OC(=O)C(C)CCC(C)(CC)C(=O)OCCN(C)C)c1ccccc1.CCCC(OC(=O)C(C)CCC(CCC(C)(CC)C(=O)OCCN(C)C)C(=O)OC12CC3CC(CC(C3)C1)C2)c1ccccc1. The summed E-state index contributed by atoms with van der Waals surface area (Å²) in [7, 11) is 15.6. The number of carbonyl (C=O) groups excluding carboxylic acids is 10. The van der Waals surface area contributed by atoms with E-state index in [0.717, 1.165) is 75.3 Å². The van der Waals surface area contributed by atoms with Crippen LogP contribution in [0.25, 0.3) is 0 Å². The van der Waals surface area contributed by atoms with E-state index in [9.17, 15) is 47.9 Å². The molecule has 0 spiro atoms. The number of hydrogen-bond donors (Lipinski definition) is 0. The van der Waals surface area contributed by atoms with Gasteiger partial charge in [-0.2, -0.15) is 0 Å². The summed E-state index contributed by atoms with van der Waals surface area (Å²) >= 11 is 0. The molecule has 0 heterocycles. The maximum atomic E-state index is 14.0. The molecule has 8 fully saturated rings. The second kappa shape index (κ2) is 56.6. The van der Waals surface area contributed by atoms with Gasteiger partial charge in [0.15, 0.2) is 0 Å². The number of nitrogens with zero attached hydrogens (tertiary/aromatic N) is 4. The fourth-order valence-electron chi connectivity index (χ4n) is 20.5. The van der Waals surface area contributed by atoms with E-state index in [1.807, 2.05) is 261 Å². The molecule has 776 valence electrons. The molecule has 8 aliphatic rings. The highest BCUT2D eigenvalue weighted by atomic mass is 16.6. The van der Waals surface area contributed by atoms with Crippen molar-refractivity contribution in [3.63, 3.8) is 0 Å². The minimum absolute atomic E-state index is 0.146. The van der Waals surface area contributed by atoms with Crippen LogP contribution in [0.4, 0.5) is 0 Å². The van der Waals surface area contributed by atoms with Crippen molar-refractivity contribution >= 4 is 59.7 Å². The second-order valence-corrected chi connectivity index (χ2v) is 46.1. The zero-order valence-electron chi connectivity index (χ0n) is 90.1. The number of carbonyl (C=O) groups is 10. The highest BCUT2D eigenvalue weighted by Gasteiger charge is 2.56. The second-order valence-electron chi connectivity index (χ2n) is 46.1. The molecular weight excluding hydrogens is 1720 g/mol. The van der Waals surface area contributed by atoms with Crippen LogP contribution >= 0.6 is 0 Å². The normalized spacial score (nSPS) is 23.2. The summed E-state index contributed by atoms with van der Waals surface area (Å²) in [4.78, 5) is 137. The van der Waals surface area contributed by atoms with Crippen LogP contribution in [-0.4, -0.2) is 211 Å². The van der Waals surface area contributed by atoms with Crippen molar-refractivity contribution in [2.24, 2.45) is 92.7 Å². The molecule has 10 rings (SSSR count). The topological polar surface area (TPSA) is 276 Å². The third-order valence-corrected chi connectivity index (χ3v) is 30.1. The fourth-order valence-corrected chi connectivity index (χ4v) is 20.5. The van der Waals surface area contributed by atoms with Gasteiger partial charge in [-0.25, -0.2) is 0 Å². The number of rotatable bonds is 54. The van der Waals surface area contributed by atoms with Crippen LogP contribution in [0.1, 0.15) is 367 Å². The minimum atomic E-state index is -0.681. The Morgan fingerprint density at radius 2 is 0.551 bits per heavy atom. The van der Waals surface area contributed by atoms with E-state index in [4.69, 9.17) is 47.4 Å². The first kappa shape index (κ1) is 119. The monoisotopic (exact) mass is 1910 g/mol. The number of benzene rings is 2. The molecule has 2 aromatic carbocycles. The Kier molecular flexibility index (Phi) is 49.7. The lowest BCUT2D eigenvalue weighted by molar-refractivity contribution is -0.193. The van der Waals surface area contributed by atoms with Gasteiger partial charge in [0.1, 0.15) is 61.0 Å². The van der Waals surface area contributed by atoms with Gasteiger partial charge >= 0.3 is 59.7 Å². The Balaban J connectivity index is 0.000000330. The molecule has 12 atom stereocenters. The zero-order chi connectivity index (χ0) is 102. The maximum absolute atomic E-state index is 14.0. The smallest absolute Gasteiger partial charge is 0.311 e. The van der Waals surface area contributed by atoms with E-state index in [-0.39, 0.29) is 119 Å². The predicted molar refractivity (Wildman–Crippen MR) is 537 cm³/mol. The Morgan fingerprint density at radius 1 is 0.316 bits per heavy atom. The number of hydrogen-bond acceptors (Lipinski definition) is 24. The average Bonchev–Trinajstić information content (AvgIpc) is 0.750. The Hall–Kier alpha value is -7.02. The average molecular weight is 1910 g/mol. The van der Waals surface area contributed by atoms with Gasteiger partial charge in [-0.05, 0) is 365 Å². The molecule has 24 heteroatoms. The predicted octanol–water partition coefficient (Wildman–Crippen LogP) is 22.4. The van der Waals surface area contributed by atoms with Crippen LogP contribution in [0.3, 0.4) is 0 Å². The van der Waals surface area contributed by atoms with Crippen LogP contribution in [-0.2, 0) is 95.3 Å². The van der Waals surface area contributed by atoms with Crippen molar-refractivity contribution in [2.75, 3.05) is 109 Å². The first-order valence-electron chi connectivity index (χ1n) is 52.4. The van der Waals surface area contributed by atoms with Crippen molar-refractivity contribution in [3.05, 3.63) is 71.8 Å². The molecule has 8 saturated carbocycles. The van der Waals surface area contributed by atoms with Crippen molar-refractivity contribution in [1.82, 2.24) is 19.6 Å². The molecule has 136 heavy (non-hydrogen) atoms. The molecule has 0 aliphatic heterocycles. The van der Waals surface area contributed by atoms with Gasteiger partial charge in [0.25, 0.3) is 0 Å². The first-order chi connectivity index (χ1) is 63.7. The van der Waals surface area contributed by atoms with E-state index in [1.54, 1.807) is 0 Å². The molecule has 0 N–H and O–H groups in total. The fraction of sp³-hybridized carbons (Fsp3) is 0.804. The van der Waals surface area contributed by atoms with E-state index in [2.05, 4.69) is 13.8 Å². The molecule has 24 nitrogen and oxygen atoms in total. The van der Waals surface area contributed by atoms with Crippen LogP contribution in [0.2, 0.25) is 0 Å². The lowest BCUT2D eigenvalue weighted by atomic mass is 9.54. The molecule has 0 aromatic heterocycles. The van der Waals surface area contributed by atoms with Gasteiger partial charge in [0.2, 0.25) is 0 Å². The Bertz CT molecular complexity index is 3880. The van der Waals surface area contributed by atoms with E-state index in [0.29, 0.717) is 191 Å². The summed E-state index contributed by atoms with van der Waals surface area (Å²) < 4.78 is 57.9. The molecular formula is C112H188N4O20. The van der Waals surface area contributed by atoms with Crippen LogP contribution in [0, 0.1) is 92.7 Å². The van der Waals surface area contributed by atoms with E-state index >= 15 is 0 Å². The van der Waals surface area contributed by atoms with E-state index in [1.165, 1.54) is 38.5 Å². The van der Waals surface area contributed by atoms with Gasteiger partial charge in [0, 0.05) is 26.2 Å². The largest absolute Gasteiger partial charge is 0.464 e. The van der Waals surface area contributed by atoms with Crippen molar-refractivity contribution in [3.8, 4) is 0 Å². The quantitative estimate of drug-likeness (QED) is 0.0439. The minimum Gasteiger partial charge on any atom is -0.464 e. The van der Waals surface area contributed by atoms with Crippen LogP contribution in [0.15, 0.2) is 60.7 Å². The third kappa shape index (κ3) is 40.5. The van der Waals surface area contributed by atoms with Crippen LogP contribution < -0.4 is 0 Å². The molecule has 8 bridgehead atoms. The molecule has 2 aromatic rings. The summed E-state index contributed by atoms with van der Waals surface area (Å²) in [5, 5.41) is 0. The lowest BCUT2D eigenvalue weighted by Crippen LogP contribution is -2.53. The van der Waals surface area contributed by atoms with Crippen molar-refractivity contribution < 1.29 is 95.3 Å². The zero-order valence-corrected chi connectivity index (χ0v) is 90.1.